The van der Waals surface area contributed by atoms with Crippen LogP contribution in [0.1, 0.15) is 40.7 Å². The third-order valence-corrected chi connectivity index (χ3v) is 5.34. The maximum atomic E-state index is 12.5. The van der Waals surface area contributed by atoms with Gasteiger partial charge in [0.15, 0.2) is 0 Å². The Labute approximate surface area is 173 Å². The molecule has 1 aliphatic rings. The van der Waals surface area contributed by atoms with E-state index in [4.69, 9.17) is 4.74 Å². The summed E-state index contributed by atoms with van der Waals surface area (Å²) in [4.78, 5) is 25.7. The number of ether oxygens (including phenoxy) is 1. The van der Waals surface area contributed by atoms with Crippen molar-refractivity contribution in [1.29, 1.82) is 5.26 Å². The van der Waals surface area contributed by atoms with Crippen LogP contribution in [0.3, 0.4) is 0 Å². The summed E-state index contributed by atoms with van der Waals surface area (Å²) < 4.78 is 7.16. The van der Waals surface area contributed by atoms with Gasteiger partial charge in [0.25, 0.3) is 5.69 Å². The Kier molecular flexibility index (Phi) is 5.35. The largest absolute Gasteiger partial charge is 0.457 e. The van der Waals surface area contributed by atoms with Gasteiger partial charge in [-0.2, -0.15) is 5.26 Å². The normalized spacial score (nSPS) is 13.8. The first-order valence-electron chi connectivity index (χ1n) is 9.77. The number of rotatable bonds is 5. The molecule has 0 unspecified atom stereocenters. The Hall–Kier alpha value is -3.86. The van der Waals surface area contributed by atoms with Crippen LogP contribution in [-0.4, -0.2) is 28.4 Å². The molecular weight excluding hydrogens is 384 g/mol. The van der Waals surface area contributed by atoms with E-state index in [-0.39, 0.29) is 17.9 Å². The quantitative estimate of drug-likeness (QED) is 0.361. The van der Waals surface area contributed by atoms with Crippen molar-refractivity contribution >= 4 is 22.9 Å². The highest BCUT2D eigenvalue weighted by atomic mass is 16.6. The minimum Gasteiger partial charge on any atom is -0.457 e. The molecule has 0 spiro atoms. The van der Waals surface area contributed by atoms with Crippen LogP contribution in [0.5, 0.6) is 0 Å². The highest BCUT2D eigenvalue weighted by Gasteiger charge is 2.24. The Morgan fingerprint density at radius 1 is 1.20 bits per heavy atom. The average molecular weight is 404 g/mol. The molecule has 1 aliphatic heterocycles. The number of anilines is 1. The van der Waals surface area contributed by atoms with Gasteiger partial charge in [-0.3, -0.25) is 10.1 Å². The topological polar surface area (TPSA) is 101 Å². The number of piperidine rings is 1. The summed E-state index contributed by atoms with van der Waals surface area (Å²) >= 11 is 0. The predicted octanol–water partition coefficient (Wildman–Crippen LogP) is 4.07. The smallest absolute Gasteiger partial charge is 0.338 e. The summed E-state index contributed by atoms with van der Waals surface area (Å²) in [6.45, 7) is 1.44. The van der Waals surface area contributed by atoms with Crippen molar-refractivity contribution in [2.24, 2.45) is 0 Å². The molecule has 1 saturated heterocycles. The molecule has 8 nitrogen and oxygen atoms in total. The van der Waals surface area contributed by atoms with Gasteiger partial charge in [0.05, 0.1) is 21.6 Å². The Bertz CT molecular complexity index is 1160. The molecule has 152 valence electrons. The molecule has 0 N–H and O–H groups in total. The van der Waals surface area contributed by atoms with E-state index in [2.05, 4.69) is 6.07 Å². The molecule has 4 rings (SSSR count). The molecule has 8 heteroatoms. The lowest BCUT2D eigenvalue weighted by Crippen LogP contribution is -2.30. The van der Waals surface area contributed by atoms with E-state index in [0.29, 0.717) is 16.8 Å². The number of aromatic nitrogens is 1. The molecule has 0 atom stereocenters. The molecule has 30 heavy (non-hydrogen) atoms. The minimum absolute atomic E-state index is 0.0922. The van der Waals surface area contributed by atoms with Crippen LogP contribution in [0.15, 0.2) is 48.8 Å². The van der Waals surface area contributed by atoms with E-state index in [1.807, 2.05) is 29.3 Å². The number of carbonyl (C=O) groups is 1. The molecule has 0 aliphatic carbocycles. The maximum Gasteiger partial charge on any atom is 0.338 e. The fourth-order valence-electron chi connectivity index (χ4n) is 3.84. The van der Waals surface area contributed by atoms with Crippen LogP contribution in [0.2, 0.25) is 0 Å². The van der Waals surface area contributed by atoms with Crippen LogP contribution >= 0.6 is 0 Å². The molecule has 0 bridgehead atoms. The van der Waals surface area contributed by atoms with E-state index in [9.17, 15) is 20.2 Å². The molecule has 1 aromatic carbocycles. The highest BCUT2D eigenvalue weighted by Crippen LogP contribution is 2.31. The fourth-order valence-corrected chi connectivity index (χ4v) is 3.84. The number of hydrogen-bond donors (Lipinski definition) is 0. The summed E-state index contributed by atoms with van der Waals surface area (Å²) in [6, 6.07) is 12.1. The van der Waals surface area contributed by atoms with Gasteiger partial charge in [-0.25, -0.2) is 4.79 Å². The number of nitriles is 1. The van der Waals surface area contributed by atoms with E-state index in [1.54, 1.807) is 22.7 Å². The molecule has 3 heterocycles. The van der Waals surface area contributed by atoms with Crippen molar-refractivity contribution in [3.8, 4) is 6.07 Å². The summed E-state index contributed by atoms with van der Waals surface area (Å²) in [7, 11) is 0. The zero-order valence-corrected chi connectivity index (χ0v) is 16.3. The van der Waals surface area contributed by atoms with Crippen molar-refractivity contribution in [2.45, 2.75) is 25.9 Å². The molecule has 1 fully saturated rings. The molecule has 0 amide bonds. The number of benzene rings is 1. The lowest BCUT2D eigenvalue weighted by atomic mass is 10.1. The molecule has 2 aromatic heterocycles. The van der Waals surface area contributed by atoms with Crippen molar-refractivity contribution < 1.29 is 14.5 Å². The first-order chi connectivity index (χ1) is 14.6. The van der Waals surface area contributed by atoms with Crippen LogP contribution in [0.25, 0.3) is 5.52 Å². The minimum atomic E-state index is -0.664. The predicted molar refractivity (Wildman–Crippen MR) is 110 cm³/mol. The number of pyridine rings is 1. The summed E-state index contributed by atoms with van der Waals surface area (Å²) in [6.07, 6.45) is 6.66. The number of carbonyl (C=O) groups excluding carboxylic acids is 1. The van der Waals surface area contributed by atoms with Crippen LogP contribution in [-0.2, 0) is 11.3 Å². The van der Waals surface area contributed by atoms with Gasteiger partial charge in [-0.15, -0.1) is 0 Å². The zero-order valence-electron chi connectivity index (χ0n) is 16.3. The number of nitro benzene ring substituents is 1. The van der Waals surface area contributed by atoms with E-state index < -0.39 is 10.9 Å². The molecule has 0 radical (unpaired) electrons. The van der Waals surface area contributed by atoms with E-state index in [0.717, 1.165) is 37.9 Å². The second-order valence-electron chi connectivity index (χ2n) is 7.22. The SMILES string of the molecule is N#Cc1c(COC(=O)c2ccc(N3CCCCC3)c([N+](=O)[O-])c2)cn2ccccc12. The van der Waals surface area contributed by atoms with Crippen LogP contribution < -0.4 is 4.90 Å². The van der Waals surface area contributed by atoms with Gasteiger partial charge >= 0.3 is 5.97 Å². The third kappa shape index (κ3) is 3.70. The van der Waals surface area contributed by atoms with Crippen LogP contribution in [0.4, 0.5) is 11.4 Å². The van der Waals surface area contributed by atoms with Crippen molar-refractivity contribution in [1.82, 2.24) is 4.40 Å². The second kappa shape index (κ2) is 8.25. The molecule has 0 saturated carbocycles. The Morgan fingerprint density at radius 3 is 2.73 bits per heavy atom. The molecule has 3 aromatic rings. The average Bonchev–Trinajstić information content (AvgIpc) is 3.15. The maximum absolute atomic E-state index is 12.5. The Morgan fingerprint density at radius 2 is 2.00 bits per heavy atom. The van der Waals surface area contributed by atoms with Gasteiger partial charge in [-0.05, 0) is 43.5 Å². The number of nitrogens with zero attached hydrogens (tertiary/aromatic N) is 4. The van der Waals surface area contributed by atoms with Gasteiger partial charge in [0, 0.05) is 37.1 Å². The number of esters is 1. The standard InChI is InChI=1S/C22H20N4O4/c23-13-18-17(14-25-11-5-2-6-19(18)25)15-30-22(27)16-7-8-20(21(12-16)26(28)29)24-9-3-1-4-10-24/h2,5-8,11-12,14H,1,3-4,9-10,15H2. The second-order valence-corrected chi connectivity index (χ2v) is 7.22. The monoisotopic (exact) mass is 404 g/mol. The first kappa shape index (κ1) is 19.5. The lowest BCUT2D eigenvalue weighted by molar-refractivity contribution is -0.384. The van der Waals surface area contributed by atoms with Crippen molar-refractivity contribution in [3.63, 3.8) is 0 Å². The number of nitro groups is 1. The first-order valence-corrected chi connectivity index (χ1v) is 9.77. The van der Waals surface area contributed by atoms with E-state index >= 15 is 0 Å². The van der Waals surface area contributed by atoms with E-state index in [1.165, 1.54) is 6.07 Å². The molecular formula is C22H20N4O4. The summed E-state index contributed by atoms with van der Waals surface area (Å²) in [5.41, 5.74) is 2.30. The third-order valence-electron chi connectivity index (χ3n) is 5.34. The van der Waals surface area contributed by atoms with Gasteiger partial charge in [-0.1, -0.05) is 6.07 Å². The van der Waals surface area contributed by atoms with Crippen molar-refractivity contribution in [2.75, 3.05) is 18.0 Å². The lowest BCUT2D eigenvalue weighted by Gasteiger charge is -2.28. The zero-order chi connectivity index (χ0) is 21.1. The van der Waals surface area contributed by atoms with Gasteiger partial charge in [0.2, 0.25) is 0 Å². The van der Waals surface area contributed by atoms with Crippen LogP contribution in [0, 0.1) is 21.4 Å². The Balaban J connectivity index is 1.54. The van der Waals surface area contributed by atoms with Gasteiger partial charge in [0.1, 0.15) is 18.4 Å². The number of hydrogen-bond acceptors (Lipinski definition) is 6. The fraction of sp³-hybridized carbons (Fsp3) is 0.273. The van der Waals surface area contributed by atoms with Crippen molar-refractivity contribution in [3.05, 3.63) is 75.6 Å². The number of fused-ring (bicyclic) bond motifs is 1. The van der Waals surface area contributed by atoms with Gasteiger partial charge < -0.3 is 14.0 Å². The summed E-state index contributed by atoms with van der Waals surface area (Å²) in [5, 5.41) is 21.0. The summed E-state index contributed by atoms with van der Waals surface area (Å²) in [5.74, 6) is -0.664. The highest BCUT2D eigenvalue weighted by molar-refractivity contribution is 5.91.